The number of alkyl halides is 3. The highest BCUT2D eigenvalue weighted by atomic mass is 32.2. The van der Waals surface area contributed by atoms with Crippen LogP contribution in [0.1, 0.15) is 31.9 Å². The normalized spacial score (nSPS) is 14.8. The average Bonchev–Trinajstić information content (AvgIpc) is 2.72. The largest absolute Gasteiger partial charge is 0.421 e. The fraction of sp³-hybridized carbons (Fsp3) is 0.250. The number of hydrogen-bond donors (Lipinski definition) is 2. The van der Waals surface area contributed by atoms with Crippen LogP contribution < -0.4 is 0 Å². The van der Waals surface area contributed by atoms with Crippen LogP contribution in [0, 0.1) is 0 Å². The Bertz CT molecular complexity index is 1210. The maximum Gasteiger partial charge on any atom is 0.421 e. The van der Waals surface area contributed by atoms with Crippen LogP contribution in [-0.4, -0.2) is 24.8 Å². The Morgan fingerprint density at radius 1 is 0.750 bits per heavy atom. The van der Waals surface area contributed by atoms with E-state index in [1.54, 1.807) is 18.2 Å². The van der Waals surface area contributed by atoms with E-state index < -0.39 is 27.2 Å². The molecule has 32 heavy (non-hydrogen) atoms. The number of hydrogen-bond acceptors (Lipinski definition) is 4. The van der Waals surface area contributed by atoms with Crippen molar-refractivity contribution in [3.8, 4) is 11.1 Å². The second-order valence-electron chi connectivity index (χ2n) is 8.23. The number of benzene rings is 3. The molecule has 0 aliphatic carbocycles. The van der Waals surface area contributed by atoms with Gasteiger partial charge in [-0.25, -0.2) is 8.42 Å². The van der Waals surface area contributed by atoms with Gasteiger partial charge < -0.3 is 10.2 Å². The van der Waals surface area contributed by atoms with Crippen LogP contribution in [-0.2, 0) is 21.0 Å². The molecule has 0 fully saturated rings. The third-order valence-corrected chi connectivity index (χ3v) is 7.14. The average molecular weight is 465 g/mol. The van der Waals surface area contributed by atoms with Crippen LogP contribution in [0.15, 0.2) is 82.6 Å². The van der Waals surface area contributed by atoms with Gasteiger partial charge in [-0.3, -0.25) is 0 Å². The summed E-state index contributed by atoms with van der Waals surface area (Å²) in [4.78, 5) is 0.0218. The highest BCUT2D eigenvalue weighted by Crippen LogP contribution is 2.39. The fourth-order valence-electron chi connectivity index (χ4n) is 3.30. The molecule has 0 aromatic heterocycles. The Kier molecular flexibility index (Phi) is 6.01. The van der Waals surface area contributed by atoms with Crippen molar-refractivity contribution in [2.75, 3.05) is 0 Å². The zero-order valence-corrected chi connectivity index (χ0v) is 18.5. The Labute approximate surface area is 184 Å². The van der Waals surface area contributed by atoms with Crippen LogP contribution in [0.25, 0.3) is 11.1 Å². The zero-order chi connectivity index (χ0) is 23.9. The van der Waals surface area contributed by atoms with Crippen molar-refractivity contribution >= 4 is 9.84 Å². The van der Waals surface area contributed by atoms with Crippen molar-refractivity contribution in [2.45, 2.75) is 47.9 Å². The topological polar surface area (TPSA) is 74.6 Å². The van der Waals surface area contributed by atoms with E-state index in [0.29, 0.717) is 18.1 Å². The van der Waals surface area contributed by atoms with Gasteiger partial charge in [-0.1, -0.05) is 48.5 Å². The van der Waals surface area contributed by atoms with Crippen LogP contribution in [0.5, 0.6) is 0 Å². The monoisotopic (exact) mass is 464 g/mol. The molecule has 0 unspecified atom stereocenters. The summed E-state index contributed by atoms with van der Waals surface area (Å²) in [7, 11) is -3.91. The molecule has 0 amide bonds. The minimum atomic E-state index is -4.84. The Morgan fingerprint density at radius 2 is 1.28 bits per heavy atom. The summed E-state index contributed by atoms with van der Waals surface area (Å²) in [5, 5.41) is 20.5. The number of sulfone groups is 1. The Hall–Kier alpha value is -2.68. The lowest BCUT2D eigenvalue weighted by molar-refractivity contribution is -0.258. The summed E-state index contributed by atoms with van der Waals surface area (Å²) in [6, 6.07) is 17.4. The molecule has 0 saturated heterocycles. The Morgan fingerprint density at radius 3 is 1.78 bits per heavy atom. The van der Waals surface area contributed by atoms with E-state index in [1.807, 2.05) is 0 Å². The molecule has 3 aromatic rings. The second-order valence-corrected chi connectivity index (χ2v) is 10.2. The first-order valence-electron chi connectivity index (χ1n) is 9.73. The molecule has 1 atom stereocenters. The Balaban J connectivity index is 2.10. The first-order valence-corrected chi connectivity index (χ1v) is 11.2. The molecule has 2 N–H and O–H groups in total. The maximum atomic E-state index is 13.2. The third-order valence-electron chi connectivity index (χ3n) is 5.31. The summed E-state index contributed by atoms with van der Waals surface area (Å²) < 4.78 is 65.6. The van der Waals surface area contributed by atoms with Crippen LogP contribution in [0.4, 0.5) is 13.2 Å². The molecule has 0 bridgehead atoms. The smallest absolute Gasteiger partial charge is 0.386 e. The van der Waals surface area contributed by atoms with E-state index in [1.165, 1.54) is 68.4 Å². The van der Waals surface area contributed by atoms with Crippen molar-refractivity contribution in [3.05, 3.63) is 83.9 Å². The number of rotatable bonds is 5. The molecule has 0 saturated carbocycles. The maximum absolute atomic E-state index is 13.2. The highest BCUT2D eigenvalue weighted by Gasteiger charge is 2.51. The predicted octanol–water partition coefficient (Wildman–Crippen LogP) is 5.18. The van der Waals surface area contributed by atoms with Crippen molar-refractivity contribution < 1.29 is 31.8 Å². The molecule has 0 aliphatic heterocycles. The molecule has 3 rings (SSSR count). The van der Waals surface area contributed by atoms with Gasteiger partial charge in [0.05, 0.1) is 15.4 Å². The van der Waals surface area contributed by atoms with E-state index in [9.17, 15) is 31.8 Å². The molecule has 170 valence electrons. The second kappa shape index (κ2) is 8.03. The summed E-state index contributed by atoms with van der Waals surface area (Å²) >= 11 is 0. The molecule has 3 aromatic carbocycles. The van der Waals surface area contributed by atoms with Gasteiger partial charge in [-0.2, -0.15) is 13.2 Å². The standard InChI is InChI=1S/C24H23F3O4S/c1-22(2,28)20-15-17(11-14-21(20)32(30,31)19-7-5-4-6-8-19)16-9-12-18(13-10-16)23(3,29)24(25,26)27/h4-15,28-29H,1-3H3/t23-/m1/s1. The van der Waals surface area contributed by atoms with E-state index >= 15 is 0 Å². The van der Waals surface area contributed by atoms with Crippen molar-refractivity contribution in [1.29, 1.82) is 0 Å². The van der Waals surface area contributed by atoms with Gasteiger partial charge in [-0.15, -0.1) is 0 Å². The molecular weight excluding hydrogens is 441 g/mol. The van der Waals surface area contributed by atoms with E-state index in [-0.39, 0.29) is 20.9 Å². The first kappa shape index (κ1) is 24.0. The SMILES string of the molecule is CC(C)(O)c1cc(-c2ccc([C@@](C)(O)C(F)(F)F)cc2)ccc1S(=O)(=O)c1ccccc1. The lowest BCUT2D eigenvalue weighted by Gasteiger charge is -2.27. The lowest BCUT2D eigenvalue weighted by Crippen LogP contribution is -2.39. The van der Waals surface area contributed by atoms with Gasteiger partial charge >= 0.3 is 6.18 Å². The summed E-state index contributed by atoms with van der Waals surface area (Å²) in [5.41, 5.74) is -3.66. The van der Waals surface area contributed by atoms with E-state index in [0.717, 1.165) is 0 Å². The molecular formula is C24H23F3O4S. The first-order chi connectivity index (χ1) is 14.7. The highest BCUT2D eigenvalue weighted by molar-refractivity contribution is 7.91. The lowest BCUT2D eigenvalue weighted by atomic mass is 9.91. The molecule has 0 spiro atoms. The van der Waals surface area contributed by atoms with Gasteiger partial charge in [0.1, 0.15) is 0 Å². The van der Waals surface area contributed by atoms with E-state index in [4.69, 9.17) is 0 Å². The third kappa shape index (κ3) is 4.44. The minimum absolute atomic E-state index is 0.0587. The van der Waals surface area contributed by atoms with Gasteiger partial charge in [0.15, 0.2) is 5.60 Å². The van der Waals surface area contributed by atoms with Crippen LogP contribution in [0.3, 0.4) is 0 Å². The fourth-order valence-corrected chi connectivity index (χ4v) is 4.91. The van der Waals surface area contributed by atoms with Crippen molar-refractivity contribution in [1.82, 2.24) is 0 Å². The quantitative estimate of drug-likeness (QED) is 0.545. The number of aliphatic hydroxyl groups is 2. The summed E-state index contributed by atoms with van der Waals surface area (Å²) in [6.07, 6.45) is -4.84. The molecule has 0 aliphatic rings. The van der Waals surface area contributed by atoms with Gasteiger partial charge in [0.25, 0.3) is 0 Å². The van der Waals surface area contributed by atoms with Gasteiger partial charge in [0, 0.05) is 5.56 Å². The number of halogens is 3. The summed E-state index contributed by atoms with van der Waals surface area (Å²) in [5.74, 6) is 0. The van der Waals surface area contributed by atoms with E-state index in [2.05, 4.69) is 0 Å². The molecule has 8 heteroatoms. The predicted molar refractivity (Wildman–Crippen MR) is 115 cm³/mol. The van der Waals surface area contributed by atoms with Gasteiger partial charge in [0.2, 0.25) is 9.84 Å². The van der Waals surface area contributed by atoms with Crippen molar-refractivity contribution in [3.63, 3.8) is 0 Å². The van der Waals surface area contributed by atoms with Crippen LogP contribution >= 0.6 is 0 Å². The summed E-state index contributed by atoms with van der Waals surface area (Å²) in [6.45, 7) is 3.59. The minimum Gasteiger partial charge on any atom is -0.386 e. The molecule has 0 radical (unpaired) electrons. The van der Waals surface area contributed by atoms with Crippen molar-refractivity contribution in [2.24, 2.45) is 0 Å². The van der Waals surface area contributed by atoms with Crippen LogP contribution in [0.2, 0.25) is 0 Å². The zero-order valence-electron chi connectivity index (χ0n) is 17.7. The van der Waals surface area contributed by atoms with Gasteiger partial charge in [-0.05, 0) is 61.7 Å². The molecule has 0 heterocycles. The molecule has 4 nitrogen and oxygen atoms in total.